The Morgan fingerprint density at radius 3 is 2.23 bits per heavy atom. The van der Waals surface area contributed by atoms with E-state index in [1.54, 1.807) is 21.3 Å². The van der Waals surface area contributed by atoms with Crippen molar-refractivity contribution in [3.8, 4) is 0 Å². The third-order valence-electron chi connectivity index (χ3n) is 2.59. The normalized spacial score (nSPS) is 23.8. The fourth-order valence-electron chi connectivity index (χ4n) is 1.73. The number of hydrogen-bond acceptors (Lipinski definition) is 4. The van der Waals surface area contributed by atoms with Crippen LogP contribution < -0.4 is 5.32 Å². The van der Waals surface area contributed by atoms with Gasteiger partial charge in [0, 0.05) is 33.4 Å². The summed E-state index contributed by atoms with van der Waals surface area (Å²) in [7, 11) is 2.64. The summed E-state index contributed by atoms with van der Waals surface area (Å²) in [6.45, 7) is 1.10. The highest BCUT2D eigenvalue weighted by Crippen LogP contribution is 2.20. The lowest BCUT2D eigenvalue weighted by Crippen LogP contribution is -2.47. The Morgan fingerprint density at radius 1 is 1.23 bits per heavy atom. The minimum atomic E-state index is -2.34. The molecule has 1 aliphatic rings. The lowest BCUT2D eigenvalue weighted by Gasteiger charge is -2.26. The van der Waals surface area contributed by atoms with E-state index in [4.69, 9.17) is 13.3 Å². The van der Waals surface area contributed by atoms with Crippen LogP contribution in [0.25, 0.3) is 0 Å². The Bertz CT molecular complexity index is 138. The van der Waals surface area contributed by atoms with Crippen LogP contribution in [0.4, 0.5) is 0 Å². The van der Waals surface area contributed by atoms with E-state index >= 15 is 0 Å². The highest BCUT2D eigenvalue weighted by molar-refractivity contribution is 6.60. The van der Waals surface area contributed by atoms with Crippen LogP contribution in [0.1, 0.15) is 12.8 Å². The summed E-state index contributed by atoms with van der Waals surface area (Å²) < 4.78 is 16.1. The van der Waals surface area contributed by atoms with E-state index in [1.165, 1.54) is 12.8 Å². The van der Waals surface area contributed by atoms with Crippen LogP contribution in [-0.2, 0) is 13.3 Å². The lowest BCUT2D eigenvalue weighted by atomic mass is 10.3. The van der Waals surface area contributed by atoms with Gasteiger partial charge in [-0.15, -0.1) is 0 Å². The van der Waals surface area contributed by atoms with Gasteiger partial charge < -0.3 is 18.6 Å². The van der Waals surface area contributed by atoms with Crippen molar-refractivity contribution in [2.24, 2.45) is 0 Å². The van der Waals surface area contributed by atoms with E-state index in [9.17, 15) is 0 Å². The van der Waals surface area contributed by atoms with E-state index in [0.29, 0.717) is 6.04 Å². The predicted octanol–water partition coefficient (Wildman–Crippen LogP) is 0.616. The van der Waals surface area contributed by atoms with Crippen molar-refractivity contribution in [2.75, 3.05) is 27.9 Å². The first-order valence-corrected chi connectivity index (χ1v) is 6.58. The highest BCUT2D eigenvalue weighted by Gasteiger charge is 2.40. The van der Waals surface area contributed by atoms with Gasteiger partial charge in [-0.1, -0.05) is 0 Å². The Balaban J connectivity index is 2.44. The van der Waals surface area contributed by atoms with Gasteiger partial charge in [0.25, 0.3) is 0 Å². The van der Waals surface area contributed by atoms with Crippen molar-refractivity contribution in [3.63, 3.8) is 0 Å². The molecule has 0 aromatic carbocycles. The number of hydrogen-bond donors (Lipinski definition) is 1. The van der Waals surface area contributed by atoms with Crippen LogP contribution in [0.5, 0.6) is 0 Å². The molecule has 1 heterocycles. The molecule has 1 fully saturated rings. The molecule has 13 heavy (non-hydrogen) atoms. The smallest absolute Gasteiger partial charge is 0.377 e. The molecule has 0 aliphatic carbocycles. The summed E-state index contributed by atoms with van der Waals surface area (Å²) in [6.07, 6.45) is 2.44. The Kier molecular flexibility index (Phi) is 4.34. The second-order valence-electron chi connectivity index (χ2n) is 3.29. The van der Waals surface area contributed by atoms with E-state index in [-0.39, 0.29) is 0 Å². The van der Waals surface area contributed by atoms with Crippen molar-refractivity contribution in [2.45, 2.75) is 24.9 Å². The summed E-state index contributed by atoms with van der Waals surface area (Å²) >= 11 is 0. The molecular formula is C8H19NO3Si. The monoisotopic (exact) mass is 205 g/mol. The third kappa shape index (κ3) is 2.75. The molecular weight excluding hydrogens is 186 g/mol. The lowest BCUT2D eigenvalue weighted by molar-refractivity contribution is 0.120. The van der Waals surface area contributed by atoms with Gasteiger partial charge in [0.05, 0.1) is 0 Å². The maximum absolute atomic E-state index is 5.35. The van der Waals surface area contributed by atoms with Gasteiger partial charge in [0.1, 0.15) is 0 Å². The zero-order valence-corrected chi connectivity index (χ0v) is 9.63. The molecule has 1 unspecified atom stereocenters. The van der Waals surface area contributed by atoms with Gasteiger partial charge in [0.15, 0.2) is 0 Å². The second-order valence-corrected chi connectivity index (χ2v) is 6.29. The molecule has 5 heteroatoms. The molecule has 1 saturated heterocycles. The minimum Gasteiger partial charge on any atom is -0.377 e. The highest BCUT2D eigenvalue weighted by atomic mass is 28.4. The number of rotatable bonds is 5. The fraction of sp³-hybridized carbons (Fsp3) is 1.00. The zero-order valence-electron chi connectivity index (χ0n) is 8.63. The second kappa shape index (κ2) is 5.07. The molecule has 0 radical (unpaired) electrons. The summed E-state index contributed by atoms with van der Waals surface area (Å²) in [5.41, 5.74) is 0. The first-order chi connectivity index (χ1) is 6.26. The van der Waals surface area contributed by atoms with Gasteiger partial charge >= 0.3 is 8.80 Å². The maximum atomic E-state index is 5.35. The van der Waals surface area contributed by atoms with Gasteiger partial charge in [0.2, 0.25) is 0 Å². The first kappa shape index (κ1) is 11.1. The van der Waals surface area contributed by atoms with E-state index in [1.807, 2.05) is 0 Å². The standard InChI is InChI=1S/C8H19NO3Si/c1-10-13(11-2,12-3)7-8-5-4-6-9-8/h8-9H,4-7H2,1-3H3. The average molecular weight is 205 g/mol. The average Bonchev–Trinajstić information content (AvgIpc) is 2.67. The molecule has 0 aromatic heterocycles. The summed E-state index contributed by atoms with van der Waals surface area (Å²) in [6, 6.07) is 1.38. The fourth-order valence-corrected chi connectivity index (χ4v) is 3.68. The van der Waals surface area contributed by atoms with Crippen molar-refractivity contribution < 1.29 is 13.3 Å². The molecule has 0 spiro atoms. The Labute approximate surface area is 80.9 Å². The largest absolute Gasteiger partial charge is 0.501 e. The molecule has 1 rings (SSSR count). The van der Waals surface area contributed by atoms with E-state index < -0.39 is 8.80 Å². The molecule has 4 nitrogen and oxygen atoms in total. The van der Waals surface area contributed by atoms with E-state index in [2.05, 4.69) is 5.32 Å². The molecule has 1 aliphatic heterocycles. The Morgan fingerprint density at radius 2 is 1.85 bits per heavy atom. The van der Waals surface area contributed by atoms with Crippen LogP contribution in [0, 0.1) is 0 Å². The van der Waals surface area contributed by atoms with Crippen LogP contribution in [0.3, 0.4) is 0 Å². The van der Waals surface area contributed by atoms with Gasteiger partial charge in [-0.2, -0.15) is 0 Å². The molecule has 0 bridgehead atoms. The van der Waals surface area contributed by atoms with Gasteiger partial charge in [-0.25, -0.2) is 0 Å². The summed E-state index contributed by atoms with van der Waals surface area (Å²) in [5, 5.41) is 3.41. The SMILES string of the molecule is CO[Si](CC1CCCN1)(OC)OC. The molecule has 0 amide bonds. The van der Waals surface area contributed by atoms with Crippen molar-refractivity contribution in [1.29, 1.82) is 0 Å². The molecule has 0 aromatic rings. The quantitative estimate of drug-likeness (QED) is 0.668. The summed E-state index contributed by atoms with van der Waals surface area (Å²) in [5.74, 6) is 0. The van der Waals surface area contributed by atoms with Crippen molar-refractivity contribution in [3.05, 3.63) is 0 Å². The number of nitrogens with one attached hydrogen (secondary N) is 1. The maximum Gasteiger partial charge on any atom is 0.501 e. The molecule has 0 saturated carbocycles. The van der Waals surface area contributed by atoms with Gasteiger partial charge in [-0.05, 0) is 19.4 Å². The Hall–Kier alpha value is 0.0569. The van der Waals surface area contributed by atoms with Crippen LogP contribution >= 0.6 is 0 Å². The van der Waals surface area contributed by atoms with Crippen LogP contribution in [0.15, 0.2) is 0 Å². The van der Waals surface area contributed by atoms with Crippen molar-refractivity contribution in [1.82, 2.24) is 5.32 Å². The first-order valence-electron chi connectivity index (χ1n) is 4.65. The molecule has 78 valence electrons. The topological polar surface area (TPSA) is 39.7 Å². The van der Waals surface area contributed by atoms with Crippen molar-refractivity contribution >= 4 is 8.80 Å². The minimum absolute atomic E-state index is 0.506. The molecule has 1 atom stereocenters. The third-order valence-corrected chi connectivity index (χ3v) is 5.45. The van der Waals surface area contributed by atoms with Crippen LogP contribution in [-0.4, -0.2) is 42.7 Å². The van der Waals surface area contributed by atoms with Crippen LogP contribution in [0.2, 0.25) is 6.04 Å². The van der Waals surface area contributed by atoms with Gasteiger partial charge in [-0.3, -0.25) is 0 Å². The zero-order chi connectivity index (χ0) is 9.73. The predicted molar refractivity (Wildman–Crippen MR) is 52.6 cm³/mol. The summed E-state index contributed by atoms with van der Waals surface area (Å²) in [4.78, 5) is 0. The van der Waals surface area contributed by atoms with E-state index in [0.717, 1.165) is 12.6 Å². The molecule has 1 N–H and O–H groups in total.